The highest BCUT2D eigenvalue weighted by Crippen LogP contribution is 2.38. The SMILES string of the molecule is Cn1c(C2CCN(CC3CCN(c4ccc(C5CCN(c6ccc(Cl)c7c(C#N)c[nH]c67)CC5)cc4)CC3)CC2)cc2ncc(N3CCC(=O)NC3=O)cc21. The molecule has 4 aliphatic rings. The van der Waals surface area contributed by atoms with Gasteiger partial charge in [0, 0.05) is 81.6 Å². The van der Waals surface area contributed by atoms with Crippen LogP contribution in [0.5, 0.6) is 0 Å². The van der Waals surface area contributed by atoms with Crippen LogP contribution in [0.4, 0.5) is 21.9 Å². The summed E-state index contributed by atoms with van der Waals surface area (Å²) < 4.78 is 2.25. The van der Waals surface area contributed by atoms with Gasteiger partial charge in [-0.2, -0.15) is 5.26 Å². The number of rotatable bonds is 7. The molecule has 4 fully saturated rings. The third kappa shape index (κ3) is 6.91. The van der Waals surface area contributed by atoms with E-state index in [-0.39, 0.29) is 11.9 Å². The van der Waals surface area contributed by atoms with Crippen molar-refractivity contribution in [3.63, 3.8) is 0 Å². The first-order valence-electron chi connectivity index (χ1n) is 19.9. The quantitative estimate of drug-likeness (QED) is 0.177. The minimum atomic E-state index is -0.379. The number of amides is 3. The number of hydrogen-bond donors (Lipinski definition) is 2. The maximum Gasteiger partial charge on any atom is 0.328 e. The van der Waals surface area contributed by atoms with E-state index in [2.05, 4.69) is 79.1 Å². The second kappa shape index (κ2) is 14.9. The van der Waals surface area contributed by atoms with Gasteiger partial charge in [-0.1, -0.05) is 23.7 Å². The monoisotopic (exact) mass is 757 g/mol. The van der Waals surface area contributed by atoms with Crippen molar-refractivity contribution in [1.82, 2.24) is 24.8 Å². The molecule has 4 aliphatic heterocycles. The molecule has 4 saturated heterocycles. The van der Waals surface area contributed by atoms with Crippen molar-refractivity contribution in [3.05, 3.63) is 82.8 Å². The second-order valence-electron chi connectivity index (χ2n) is 16.0. The first-order valence-corrected chi connectivity index (χ1v) is 20.3. The molecule has 0 spiro atoms. The van der Waals surface area contributed by atoms with Gasteiger partial charge in [0.05, 0.1) is 44.7 Å². The van der Waals surface area contributed by atoms with E-state index in [1.165, 1.54) is 36.3 Å². The highest BCUT2D eigenvalue weighted by molar-refractivity contribution is 6.36. The van der Waals surface area contributed by atoms with Gasteiger partial charge in [0.25, 0.3) is 0 Å². The molecule has 2 N–H and O–H groups in total. The Morgan fingerprint density at radius 1 is 0.855 bits per heavy atom. The number of pyridine rings is 1. The molecule has 3 amide bonds. The molecule has 0 aliphatic carbocycles. The van der Waals surface area contributed by atoms with Crippen LogP contribution in [0.3, 0.4) is 0 Å². The number of carbonyl (C=O) groups is 2. The molecule has 7 heterocycles. The number of nitrogens with zero attached hydrogens (tertiary/aromatic N) is 7. The van der Waals surface area contributed by atoms with Crippen molar-refractivity contribution < 1.29 is 9.59 Å². The molecule has 11 nitrogen and oxygen atoms in total. The molecule has 0 bridgehead atoms. The molecule has 0 atom stereocenters. The standard InChI is InChI=1S/C43H48ClN9O2/c1-49-38(23-36-39(49)22-34(26-46-36)53-21-14-40(54)48-43(53)55)31-10-15-50(16-11-31)27-28-8-17-51(18-9-28)33-4-2-29(3-5-33)30-12-19-52(20-13-30)37-7-6-35(44)41-32(24-45)25-47-42(37)41/h2-7,22-23,25-26,28,30-31,47H,8-21,27H2,1H3,(H,48,54,55). The third-order valence-corrected chi connectivity index (χ3v) is 13.2. The first kappa shape index (κ1) is 35.6. The summed E-state index contributed by atoms with van der Waals surface area (Å²) in [6, 6.07) is 19.5. The molecule has 12 heteroatoms. The van der Waals surface area contributed by atoms with Gasteiger partial charge in [0.15, 0.2) is 0 Å². The number of nitrogens with one attached hydrogen (secondary N) is 2. The number of aromatic nitrogens is 3. The lowest BCUT2D eigenvalue weighted by Gasteiger charge is -2.38. The van der Waals surface area contributed by atoms with Crippen LogP contribution in [0.1, 0.15) is 73.6 Å². The lowest BCUT2D eigenvalue weighted by Crippen LogP contribution is -2.49. The number of fused-ring (bicyclic) bond motifs is 2. The number of nitriles is 1. The Morgan fingerprint density at radius 3 is 2.31 bits per heavy atom. The van der Waals surface area contributed by atoms with Gasteiger partial charge in [-0.3, -0.25) is 20.0 Å². The smallest absolute Gasteiger partial charge is 0.328 e. The molecule has 2 aromatic carbocycles. The number of imide groups is 1. The van der Waals surface area contributed by atoms with Crippen molar-refractivity contribution in [2.45, 2.75) is 56.8 Å². The van der Waals surface area contributed by atoms with Crippen LogP contribution in [-0.2, 0) is 11.8 Å². The molecule has 9 rings (SSSR count). The zero-order valence-electron chi connectivity index (χ0n) is 31.4. The van der Waals surface area contributed by atoms with E-state index in [1.54, 1.807) is 17.3 Å². The van der Waals surface area contributed by atoms with Gasteiger partial charge in [-0.25, -0.2) is 4.79 Å². The topological polar surface area (TPSA) is 117 Å². The van der Waals surface area contributed by atoms with E-state index in [9.17, 15) is 14.9 Å². The number of H-pyrrole nitrogens is 1. The van der Waals surface area contributed by atoms with E-state index in [1.807, 2.05) is 12.1 Å². The number of piperidine rings is 3. The summed E-state index contributed by atoms with van der Waals surface area (Å²) in [5.74, 6) is 1.55. The van der Waals surface area contributed by atoms with E-state index >= 15 is 0 Å². The molecular weight excluding hydrogens is 710 g/mol. The van der Waals surface area contributed by atoms with Crippen LogP contribution in [0.2, 0.25) is 5.02 Å². The van der Waals surface area contributed by atoms with Crippen molar-refractivity contribution in [2.75, 3.05) is 67.1 Å². The number of anilines is 3. The fourth-order valence-corrected chi connectivity index (χ4v) is 9.92. The number of urea groups is 1. The second-order valence-corrected chi connectivity index (χ2v) is 16.4. The fourth-order valence-electron chi connectivity index (χ4n) is 9.66. The average molecular weight is 758 g/mol. The maximum atomic E-state index is 12.4. The number of aromatic amines is 1. The van der Waals surface area contributed by atoms with Crippen LogP contribution >= 0.6 is 11.6 Å². The minimum absolute atomic E-state index is 0.230. The largest absolute Gasteiger partial charge is 0.372 e. The number of likely N-dealkylation sites (tertiary alicyclic amines) is 1. The zero-order chi connectivity index (χ0) is 37.6. The van der Waals surface area contributed by atoms with Gasteiger partial charge in [-0.05, 0) is 105 Å². The normalized spacial score (nSPS) is 19.8. The predicted octanol–water partition coefficient (Wildman–Crippen LogP) is 7.51. The number of halogens is 1. The summed E-state index contributed by atoms with van der Waals surface area (Å²) in [5.41, 5.74) is 9.47. The van der Waals surface area contributed by atoms with E-state index in [0.29, 0.717) is 35.4 Å². The molecule has 0 unspecified atom stereocenters. The van der Waals surface area contributed by atoms with Crippen LogP contribution in [-0.4, -0.2) is 83.7 Å². The van der Waals surface area contributed by atoms with Gasteiger partial charge < -0.3 is 24.3 Å². The van der Waals surface area contributed by atoms with Crippen LogP contribution in [0.25, 0.3) is 21.9 Å². The number of benzene rings is 2. The van der Waals surface area contributed by atoms with Crippen molar-refractivity contribution in [2.24, 2.45) is 13.0 Å². The Morgan fingerprint density at radius 2 is 1.58 bits per heavy atom. The Kier molecular flexibility index (Phi) is 9.65. The average Bonchev–Trinajstić information content (AvgIpc) is 3.80. The zero-order valence-corrected chi connectivity index (χ0v) is 32.2. The highest BCUT2D eigenvalue weighted by atomic mass is 35.5. The number of carbonyl (C=O) groups excluding carboxylic acids is 2. The molecule has 0 saturated carbocycles. The predicted molar refractivity (Wildman–Crippen MR) is 218 cm³/mol. The Labute approximate surface area is 326 Å². The summed E-state index contributed by atoms with van der Waals surface area (Å²) in [6.45, 7) is 7.97. The van der Waals surface area contributed by atoms with E-state index in [4.69, 9.17) is 16.6 Å². The Bertz CT molecular complexity index is 2270. The van der Waals surface area contributed by atoms with Crippen molar-refractivity contribution >= 4 is 62.5 Å². The van der Waals surface area contributed by atoms with Crippen LogP contribution < -0.4 is 20.0 Å². The van der Waals surface area contributed by atoms with Crippen molar-refractivity contribution in [1.29, 1.82) is 5.26 Å². The Hall–Kier alpha value is -5.05. The summed E-state index contributed by atoms with van der Waals surface area (Å²) >= 11 is 6.46. The van der Waals surface area contributed by atoms with Crippen LogP contribution in [0.15, 0.2) is 60.9 Å². The van der Waals surface area contributed by atoms with Crippen LogP contribution in [0, 0.1) is 17.2 Å². The maximum absolute atomic E-state index is 12.4. The lowest BCUT2D eigenvalue weighted by molar-refractivity contribution is -0.120. The summed E-state index contributed by atoms with van der Waals surface area (Å²) in [7, 11) is 2.11. The highest BCUT2D eigenvalue weighted by Gasteiger charge is 2.29. The molecule has 3 aromatic heterocycles. The first-order chi connectivity index (χ1) is 26.8. The number of aryl methyl sites for hydroxylation is 1. The molecular formula is C43H48ClN9O2. The van der Waals surface area contributed by atoms with E-state index in [0.717, 1.165) is 104 Å². The molecule has 0 radical (unpaired) electrons. The summed E-state index contributed by atoms with van der Waals surface area (Å²) in [5, 5.41) is 13.4. The van der Waals surface area contributed by atoms with Gasteiger partial charge >= 0.3 is 6.03 Å². The Balaban J connectivity index is 0.740. The molecule has 55 heavy (non-hydrogen) atoms. The summed E-state index contributed by atoms with van der Waals surface area (Å²) in [6.07, 6.45) is 10.7. The van der Waals surface area contributed by atoms with Crippen molar-refractivity contribution in [3.8, 4) is 6.07 Å². The van der Waals surface area contributed by atoms with Gasteiger partial charge in [0.2, 0.25) is 5.91 Å². The molecule has 5 aromatic rings. The number of hydrogen-bond acceptors (Lipinski definition) is 7. The van der Waals surface area contributed by atoms with E-state index < -0.39 is 0 Å². The lowest BCUT2D eigenvalue weighted by atomic mass is 9.88. The third-order valence-electron chi connectivity index (χ3n) is 12.9. The molecule has 284 valence electrons. The fraction of sp³-hybridized carbons (Fsp3) is 0.442. The minimum Gasteiger partial charge on any atom is -0.372 e. The van der Waals surface area contributed by atoms with Gasteiger partial charge in [-0.15, -0.1) is 0 Å². The summed E-state index contributed by atoms with van der Waals surface area (Å²) in [4.78, 5) is 41.3. The van der Waals surface area contributed by atoms with Gasteiger partial charge in [0.1, 0.15) is 6.07 Å².